The van der Waals surface area contributed by atoms with Crippen LogP contribution in [0.5, 0.6) is 0 Å². The van der Waals surface area contributed by atoms with Crippen molar-refractivity contribution in [2.24, 2.45) is 4.99 Å². The number of pyridine rings is 1. The van der Waals surface area contributed by atoms with Gasteiger partial charge in [-0.25, -0.2) is 15.0 Å². The molecule has 1 saturated heterocycles. The lowest BCUT2D eigenvalue weighted by atomic mass is 9.79. The van der Waals surface area contributed by atoms with Crippen molar-refractivity contribution in [2.75, 3.05) is 18.4 Å². The Bertz CT molecular complexity index is 1180. The smallest absolute Gasteiger partial charge is 0.254 e. The van der Waals surface area contributed by atoms with Crippen molar-refractivity contribution in [3.63, 3.8) is 0 Å². The second-order valence-electron chi connectivity index (χ2n) is 9.29. The van der Waals surface area contributed by atoms with Gasteiger partial charge in [0.1, 0.15) is 12.1 Å². The Morgan fingerprint density at radius 1 is 1.27 bits per heavy atom. The van der Waals surface area contributed by atoms with Crippen LogP contribution in [0.1, 0.15) is 67.1 Å². The van der Waals surface area contributed by atoms with Crippen molar-refractivity contribution >= 4 is 23.5 Å². The molecule has 4 heterocycles. The van der Waals surface area contributed by atoms with Crippen LogP contribution < -0.4 is 16.1 Å². The van der Waals surface area contributed by atoms with Crippen LogP contribution in [0.2, 0.25) is 0 Å². The van der Waals surface area contributed by atoms with Gasteiger partial charge in [0, 0.05) is 32.1 Å². The lowest BCUT2D eigenvalue weighted by Crippen LogP contribution is -2.43. The molecular weight excluding hydrogens is 422 g/mol. The Balaban J connectivity index is 1.48. The van der Waals surface area contributed by atoms with Gasteiger partial charge in [0.05, 0.1) is 16.8 Å². The number of aromatic nitrogens is 3. The number of fused-ring (bicyclic) bond motifs is 2. The lowest BCUT2D eigenvalue weighted by molar-refractivity contribution is -0.127. The number of nitrogens with one attached hydrogen (secondary N) is 2. The summed E-state index contributed by atoms with van der Waals surface area (Å²) in [5.74, 6) is 0.942. The van der Waals surface area contributed by atoms with E-state index in [2.05, 4.69) is 25.6 Å². The topological polar surface area (TPSA) is 125 Å². The highest BCUT2D eigenvalue weighted by Gasteiger charge is 2.47. The quantitative estimate of drug-likeness (QED) is 0.613. The van der Waals surface area contributed by atoms with Crippen molar-refractivity contribution in [3.8, 4) is 0 Å². The third-order valence-electron chi connectivity index (χ3n) is 7.01. The van der Waals surface area contributed by atoms with Crippen LogP contribution in [-0.4, -0.2) is 55.8 Å². The molecule has 3 N–H and O–H groups in total. The molecule has 10 nitrogen and oxygen atoms in total. The summed E-state index contributed by atoms with van der Waals surface area (Å²) in [5.41, 5.74) is 1.70. The highest BCUT2D eigenvalue weighted by atomic mass is 16.5. The Morgan fingerprint density at radius 3 is 2.79 bits per heavy atom. The maximum Gasteiger partial charge on any atom is 0.254 e. The number of anilines is 1. The van der Waals surface area contributed by atoms with Gasteiger partial charge in [0.25, 0.3) is 5.91 Å². The molecule has 2 amide bonds. The van der Waals surface area contributed by atoms with Crippen molar-refractivity contribution < 1.29 is 14.8 Å². The molecule has 0 unspecified atom stereocenters. The van der Waals surface area contributed by atoms with Crippen LogP contribution >= 0.6 is 0 Å². The van der Waals surface area contributed by atoms with Crippen LogP contribution in [0.3, 0.4) is 0 Å². The van der Waals surface area contributed by atoms with Crippen LogP contribution in [0.15, 0.2) is 23.5 Å². The minimum Gasteiger partial charge on any atom is -0.427 e. The first-order chi connectivity index (χ1) is 15.9. The third-order valence-corrected chi connectivity index (χ3v) is 7.01. The van der Waals surface area contributed by atoms with Gasteiger partial charge < -0.3 is 20.7 Å². The summed E-state index contributed by atoms with van der Waals surface area (Å²) in [5, 5.41) is 17.6. The van der Waals surface area contributed by atoms with E-state index in [9.17, 15) is 14.8 Å². The minimum atomic E-state index is -0.543. The van der Waals surface area contributed by atoms with Gasteiger partial charge in [0.15, 0.2) is 11.3 Å². The van der Waals surface area contributed by atoms with E-state index in [0.717, 1.165) is 55.4 Å². The molecule has 0 radical (unpaired) electrons. The summed E-state index contributed by atoms with van der Waals surface area (Å²) in [6.45, 7) is 4.80. The molecule has 2 aromatic heterocycles. The zero-order valence-electron chi connectivity index (χ0n) is 19.0. The summed E-state index contributed by atoms with van der Waals surface area (Å²) in [6, 6.07) is 3.54. The molecule has 33 heavy (non-hydrogen) atoms. The Morgan fingerprint density at radius 2 is 2.06 bits per heavy atom. The largest absolute Gasteiger partial charge is 0.427 e. The molecule has 2 fully saturated rings. The fourth-order valence-electron chi connectivity index (χ4n) is 5.38. The van der Waals surface area contributed by atoms with Gasteiger partial charge >= 0.3 is 0 Å². The van der Waals surface area contributed by atoms with Crippen LogP contribution in [-0.2, 0) is 10.3 Å². The Hall–Kier alpha value is -3.43. The van der Waals surface area contributed by atoms with Crippen LogP contribution in [0.25, 0.3) is 0 Å². The molecule has 1 spiro atoms. The number of carbonyl (C=O) groups excluding carboxylic acids is 2. The molecule has 1 saturated carbocycles. The van der Waals surface area contributed by atoms with E-state index in [0.29, 0.717) is 34.9 Å². The fraction of sp³-hybridized carbons (Fsp3) is 0.522. The maximum atomic E-state index is 12.7. The highest BCUT2D eigenvalue weighted by molar-refractivity contribution is 6.00. The number of amides is 2. The fourth-order valence-corrected chi connectivity index (χ4v) is 5.38. The van der Waals surface area contributed by atoms with E-state index in [-0.39, 0.29) is 17.9 Å². The van der Waals surface area contributed by atoms with Crippen LogP contribution in [0, 0.1) is 6.92 Å². The zero-order chi connectivity index (χ0) is 23.2. The van der Waals surface area contributed by atoms with Crippen molar-refractivity contribution in [2.45, 2.75) is 64.0 Å². The van der Waals surface area contributed by atoms with Gasteiger partial charge in [-0.3, -0.25) is 9.59 Å². The van der Waals surface area contributed by atoms with Crippen LogP contribution in [0.4, 0.5) is 11.6 Å². The molecule has 1 atom stereocenters. The first kappa shape index (κ1) is 21.4. The second kappa shape index (κ2) is 8.17. The third kappa shape index (κ3) is 3.83. The molecule has 3 aliphatic rings. The van der Waals surface area contributed by atoms with Gasteiger partial charge in [-0.05, 0) is 37.8 Å². The van der Waals surface area contributed by atoms with Gasteiger partial charge in [0.2, 0.25) is 5.91 Å². The zero-order valence-corrected chi connectivity index (χ0v) is 19.0. The average molecular weight is 452 g/mol. The van der Waals surface area contributed by atoms with Crippen molar-refractivity contribution in [1.82, 2.24) is 24.9 Å². The van der Waals surface area contributed by atoms with E-state index >= 15 is 0 Å². The summed E-state index contributed by atoms with van der Waals surface area (Å²) in [7, 11) is 0. The molecule has 1 aliphatic carbocycles. The molecule has 5 rings (SSSR count). The second-order valence-corrected chi connectivity index (χ2v) is 9.29. The SMILES string of the molecule is CC(=O)N1CC[C@H](Nc2cc(N=c3cc(C)c4c(n3O)C3(CCCCC3)NC4=O)ncn2)C1. The van der Waals surface area contributed by atoms with Gasteiger partial charge in [-0.15, -0.1) is 0 Å². The predicted octanol–water partition coefficient (Wildman–Crippen LogP) is 1.99. The maximum absolute atomic E-state index is 12.7. The molecule has 0 aromatic carbocycles. The number of aryl methyl sites for hydroxylation is 1. The number of likely N-dealkylation sites (tertiary alicyclic amines) is 1. The van der Waals surface area contributed by atoms with E-state index in [4.69, 9.17) is 0 Å². The average Bonchev–Trinajstić information content (AvgIpc) is 3.35. The van der Waals surface area contributed by atoms with Crippen molar-refractivity contribution in [3.05, 3.63) is 40.8 Å². The monoisotopic (exact) mass is 451 g/mol. The molecule has 10 heteroatoms. The first-order valence-electron chi connectivity index (χ1n) is 11.5. The number of rotatable bonds is 3. The minimum absolute atomic E-state index is 0.0702. The summed E-state index contributed by atoms with van der Waals surface area (Å²) < 4.78 is 1.06. The van der Waals surface area contributed by atoms with Gasteiger partial charge in [-0.1, -0.05) is 19.3 Å². The normalized spacial score (nSPS) is 21.9. The first-order valence-corrected chi connectivity index (χ1v) is 11.5. The summed E-state index contributed by atoms with van der Waals surface area (Å²) in [4.78, 5) is 39.2. The molecular formula is C23H29N7O3. The molecule has 2 aliphatic heterocycles. The number of nitrogens with zero attached hydrogens (tertiary/aromatic N) is 5. The van der Waals surface area contributed by atoms with E-state index in [1.165, 1.54) is 6.33 Å². The van der Waals surface area contributed by atoms with E-state index in [1.54, 1.807) is 19.1 Å². The molecule has 2 aromatic rings. The lowest BCUT2D eigenvalue weighted by Gasteiger charge is -2.34. The van der Waals surface area contributed by atoms with E-state index in [1.807, 2.05) is 11.8 Å². The summed E-state index contributed by atoms with van der Waals surface area (Å²) in [6.07, 6.45) is 7.01. The number of hydrogen-bond acceptors (Lipinski definition) is 7. The van der Waals surface area contributed by atoms with E-state index < -0.39 is 5.54 Å². The molecule has 0 bridgehead atoms. The van der Waals surface area contributed by atoms with Gasteiger partial charge in [-0.2, -0.15) is 4.73 Å². The standard InChI is InChI=1S/C23H29N7O3/c1-14-10-19(30(33)21-20(14)22(32)28-23(21)7-4-3-5-8-23)27-18-11-17(24-13-25-18)26-16-6-9-29(12-16)15(2)31/h10-11,13,16,33H,3-9,12H2,1-2H3,(H,28,32)(H,24,25,26)/t16-/m0/s1. The Kier molecular flexibility index (Phi) is 5.30. The summed E-state index contributed by atoms with van der Waals surface area (Å²) >= 11 is 0. The number of carbonyl (C=O) groups is 2. The predicted molar refractivity (Wildman–Crippen MR) is 120 cm³/mol. The Labute approximate surface area is 191 Å². The highest BCUT2D eigenvalue weighted by Crippen LogP contribution is 2.42. The molecule has 174 valence electrons. The number of hydrogen-bond donors (Lipinski definition) is 3. The van der Waals surface area contributed by atoms with Crippen molar-refractivity contribution in [1.29, 1.82) is 0 Å².